The summed E-state index contributed by atoms with van der Waals surface area (Å²) in [5.74, 6) is 2.23. The minimum Gasteiger partial charge on any atom is -0.378 e. The van der Waals surface area contributed by atoms with Gasteiger partial charge in [0.15, 0.2) is 0 Å². The average molecular weight is 461 g/mol. The molecule has 7 nitrogen and oxygen atoms in total. The van der Waals surface area contributed by atoms with Gasteiger partial charge < -0.3 is 15.0 Å². The van der Waals surface area contributed by atoms with E-state index < -0.39 is 0 Å². The molecule has 1 saturated carbocycles. The number of ether oxygens (including phenoxy) is 1. The number of benzene rings is 2. The number of hydrogen-bond donors (Lipinski definition) is 1. The van der Waals surface area contributed by atoms with Crippen molar-refractivity contribution < 1.29 is 4.74 Å². The molecule has 0 spiro atoms. The number of anilines is 3. The Hall–Kier alpha value is -3.16. The van der Waals surface area contributed by atoms with Crippen LogP contribution in [0.4, 0.5) is 17.5 Å². The number of halogens is 1. The van der Waals surface area contributed by atoms with E-state index in [2.05, 4.69) is 38.2 Å². The molecule has 6 rings (SSSR count). The maximum absolute atomic E-state index is 6.05. The van der Waals surface area contributed by atoms with Crippen molar-refractivity contribution in [2.24, 2.45) is 5.92 Å². The van der Waals surface area contributed by atoms with Crippen LogP contribution >= 0.6 is 11.6 Å². The monoisotopic (exact) mass is 460 g/mol. The van der Waals surface area contributed by atoms with Crippen molar-refractivity contribution in [3.8, 4) is 11.3 Å². The molecule has 1 aliphatic carbocycles. The van der Waals surface area contributed by atoms with E-state index in [1.54, 1.807) is 0 Å². The van der Waals surface area contributed by atoms with Gasteiger partial charge in [0.1, 0.15) is 5.82 Å². The largest absolute Gasteiger partial charge is 0.378 e. The second-order valence-electron chi connectivity index (χ2n) is 8.71. The normalized spacial score (nSPS) is 16.3. The summed E-state index contributed by atoms with van der Waals surface area (Å²) >= 11 is 6.05. The van der Waals surface area contributed by atoms with E-state index in [0.29, 0.717) is 24.2 Å². The highest BCUT2D eigenvalue weighted by Gasteiger charge is 2.23. The van der Waals surface area contributed by atoms with Crippen molar-refractivity contribution >= 4 is 40.0 Å². The summed E-state index contributed by atoms with van der Waals surface area (Å²) < 4.78 is 7.65. The number of nitrogens with zero attached hydrogens (tertiary/aromatic N) is 5. The van der Waals surface area contributed by atoms with E-state index in [9.17, 15) is 0 Å². The highest BCUT2D eigenvalue weighted by molar-refractivity contribution is 6.30. The Bertz CT molecular complexity index is 1280. The maximum atomic E-state index is 6.05. The van der Waals surface area contributed by atoms with Crippen molar-refractivity contribution in [3.63, 3.8) is 0 Å². The van der Waals surface area contributed by atoms with Gasteiger partial charge in [0.05, 0.1) is 30.6 Å². The van der Waals surface area contributed by atoms with E-state index in [-0.39, 0.29) is 0 Å². The Morgan fingerprint density at radius 2 is 1.82 bits per heavy atom. The molecular formula is C25H25ClN6O. The molecule has 0 atom stereocenters. The summed E-state index contributed by atoms with van der Waals surface area (Å²) in [7, 11) is 0. The molecule has 8 heteroatoms. The standard InChI is InChI=1S/C25H25ClN6O/c26-20-4-6-21(7-5-20)28-24-14-22(29-25(30-24)31-9-11-33-12-10-31)18-3-8-23-19(13-18)15-27-32(23)16-17-1-2-17/h3-8,13-15,17H,1-2,9-12,16H2,(H,28,29,30). The Morgan fingerprint density at radius 3 is 2.61 bits per heavy atom. The second kappa shape index (κ2) is 8.65. The fourth-order valence-electron chi connectivity index (χ4n) is 4.17. The summed E-state index contributed by atoms with van der Waals surface area (Å²) in [5.41, 5.74) is 4.02. The molecule has 2 fully saturated rings. The Kier molecular flexibility index (Phi) is 5.36. The quantitative estimate of drug-likeness (QED) is 0.430. The predicted octanol–water partition coefficient (Wildman–Crippen LogP) is 5.14. The highest BCUT2D eigenvalue weighted by Crippen LogP contribution is 2.32. The third-order valence-corrected chi connectivity index (χ3v) is 6.44. The number of rotatable bonds is 6. The topological polar surface area (TPSA) is 68.1 Å². The molecule has 1 N–H and O–H groups in total. The van der Waals surface area contributed by atoms with E-state index in [4.69, 9.17) is 26.3 Å². The van der Waals surface area contributed by atoms with Crippen molar-refractivity contribution in [1.82, 2.24) is 19.7 Å². The number of morpholine rings is 1. The smallest absolute Gasteiger partial charge is 0.228 e. The minimum absolute atomic E-state index is 0.680. The van der Waals surface area contributed by atoms with Gasteiger partial charge in [-0.2, -0.15) is 10.1 Å². The van der Waals surface area contributed by atoms with Gasteiger partial charge in [0.25, 0.3) is 0 Å². The zero-order valence-corrected chi connectivity index (χ0v) is 19.0. The molecule has 3 heterocycles. The minimum atomic E-state index is 0.680. The lowest BCUT2D eigenvalue weighted by atomic mass is 10.1. The SMILES string of the molecule is Clc1ccc(Nc2cc(-c3ccc4c(cnn4CC4CC4)c3)nc(N3CCOCC3)n2)cc1. The van der Waals surface area contributed by atoms with Crippen LogP contribution in [0.1, 0.15) is 12.8 Å². The lowest BCUT2D eigenvalue weighted by Gasteiger charge is -2.27. The summed E-state index contributed by atoms with van der Waals surface area (Å²) in [6.07, 6.45) is 4.58. The van der Waals surface area contributed by atoms with E-state index in [0.717, 1.165) is 53.7 Å². The van der Waals surface area contributed by atoms with Gasteiger partial charge in [-0.05, 0) is 55.2 Å². The molecule has 4 aromatic rings. The van der Waals surface area contributed by atoms with Gasteiger partial charge in [0.2, 0.25) is 5.95 Å². The summed E-state index contributed by atoms with van der Waals surface area (Å²) in [4.78, 5) is 11.9. The first-order valence-corrected chi connectivity index (χ1v) is 11.8. The van der Waals surface area contributed by atoms with Gasteiger partial charge in [0, 0.05) is 47.4 Å². The van der Waals surface area contributed by atoms with Gasteiger partial charge in [-0.15, -0.1) is 0 Å². The predicted molar refractivity (Wildman–Crippen MR) is 131 cm³/mol. The van der Waals surface area contributed by atoms with E-state index in [1.165, 1.54) is 18.4 Å². The lowest BCUT2D eigenvalue weighted by Crippen LogP contribution is -2.37. The van der Waals surface area contributed by atoms with Crippen LogP contribution in [0.25, 0.3) is 22.2 Å². The van der Waals surface area contributed by atoms with Crippen LogP contribution in [-0.2, 0) is 11.3 Å². The van der Waals surface area contributed by atoms with Gasteiger partial charge in [-0.3, -0.25) is 4.68 Å². The van der Waals surface area contributed by atoms with Gasteiger partial charge in [-0.1, -0.05) is 17.7 Å². The summed E-state index contributed by atoms with van der Waals surface area (Å²) in [6, 6.07) is 16.1. The van der Waals surface area contributed by atoms with Crippen molar-refractivity contribution in [2.45, 2.75) is 19.4 Å². The van der Waals surface area contributed by atoms with Crippen molar-refractivity contribution in [2.75, 3.05) is 36.5 Å². The van der Waals surface area contributed by atoms with Crippen LogP contribution in [0.2, 0.25) is 5.02 Å². The zero-order chi connectivity index (χ0) is 22.2. The van der Waals surface area contributed by atoms with Crippen LogP contribution in [0.15, 0.2) is 54.7 Å². The molecule has 33 heavy (non-hydrogen) atoms. The number of fused-ring (bicyclic) bond motifs is 1. The summed E-state index contributed by atoms with van der Waals surface area (Å²) in [5, 5.41) is 9.86. The average Bonchev–Trinajstić information content (AvgIpc) is 3.59. The van der Waals surface area contributed by atoms with Crippen LogP contribution in [-0.4, -0.2) is 46.1 Å². The molecule has 0 radical (unpaired) electrons. The molecule has 168 valence electrons. The number of hydrogen-bond acceptors (Lipinski definition) is 6. The molecule has 2 aliphatic rings. The molecular weight excluding hydrogens is 436 g/mol. The molecule has 2 aromatic carbocycles. The second-order valence-corrected chi connectivity index (χ2v) is 9.15. The number of nitrogens with one attached hydrogen (secondary N) is 1. The maximum Gasteiger partial charge on any atom is 0.228 e. The molecule has 0 bridgehead atoms. The third kappa shape index (κ3) is 4.51. The molecule has 0 unspecified atom stereocenters. The lowest BCUT2D eigenvalue weighted by molar-refractivity contribution is 0.122. The van der Waals surface area contributed by atoms with Crippen molar-refractivity contribution in [3.05, 3.63) is 59.8 Å². The Labute approximate surface area is 197 Å². The van der Waals surface area contributed by atoms with Crippen LogP contribution in [0.5, 0.6) is 0 Å². The molecule has 2 aromatic heterocycles. The van der Waals surface area contributed by atoms with Crippen molar-refractivity contribution in [1.29, 1.82) is 0 Å². The summed E-state index contributed by atoms with van der Waals surface area (Å²) in [6.45, 7) is 3.92. The van der Waals surface area contributed by atoms with E-state index in [1.807, 2.05) is 36.5 Å². The third-order valence-electron chi connectivity index (χ3n) is 6.19. The van der Waals surface area contributed by atoms with Gasteiger partial charge >= 0.3 is 0 Å². The van der Waals surface area contributed by atoms with E-state index >= 15 is 0 Å². The van der Waals surface area contributed by atoms with Crippen LogP contribution < -0.4 is 10.2 Å². The number of aromatic nitrogens is 4. The molecule has 1 aliphatic heterocycles. The first-order valence-electron chi connectivity index (χ1n) is 11.4. The van der Waals surface area contributed by atoms with Gasteiger partial charge in [-0.25, -0.2) is 4.98 Å². The highest BCUT2D eigenvalue weighted by atomic mass is 35.5. The zero-order valence-electron chi connectivity index (χ0n) is 18.2. The first-order chi connectivity index (χ1) is 16.2. The first kappa shape index (κ1) is 20.4. The van der Waals surface area contributed by atoms with Crippen LogP contribution in [0.3, 0.4) is 0 Å². The Morgan fingerprint density at radius 1 is 1.00 bits per heavy atom. The van der Waals surface area contributed by atoms with Crippen LogP contribution in [0, 0.1) is 5.92 Å². The molecule has 0 amide bonds. The fraction of sp³-hybridized carbons (Fsp3) is 0.320. The fourth-order valence-corrected chi connectivity index (χ4v) is 4.30. The Balaban J connectivity index is 1.37. The molecule has 1 saturated heterocycles.